The van der Waals surface area contributed by atoms with Gasteiger partial charge < -0.3 is 29.1 Å². The third-order valence-corrected chi connectivity index (χ3v) is 6.26. The van der Waals surface area contributed by atoms with Crippen molar-refractivity contribution in [1.29, 1.82) is 5.26 Å². The first kappa shape index (κ1) is 34.0. The second-order valence-corrected chi connectivity index (χ2v) is 9.94. The Kier molecular flexibility index (Phi) is 19.9. The normalized spacial score (nSPS) is 22.5. The van der Waals surface area contributed by atoms with E-state index in [1.165, 1.54) is 38.5 Å². The summed E-state index contributed by atoms with van der Waals surface area (Å²) in [6.45, 7) is 12.9. The number of Topliss-reactive ketones (excluding diaryl/α,β-unsaturated/α-hetero) is 1. The Morgan fingerprint density at radius 2 is 1.28 bits per heavy atom. The molecule has 0 amide bonds. The fourth-order valence-electron chi connectivity index (χ4n) is 3.84. The SMILES string of the molecule is C1CCOC1.CC(=O)C1CCC(C)(C)CC1.CC1(C)CCC(C#N)CC1.[Br-].[CH3-].[Mg+2]. The standard InChI is InChI=1S/C10H18O.C9H15N.C4H8O.CH3.BrH.Mg/c1-8(11)9-4-6-10(2,3)7-5-9;1-9(2)5-3-8(7-10)4-6-9;1-2-4-5-3-1;;;/h9H,4-7H2,1-3H3;8H,3-6H2,1-2H3;1-4H2;1H3;1H;/q;;;-1;;+2/p-1. The van der Waals surface area contributed by atoms with Gasteiger partial charge in [0, 0.05) is 25.0 Å². The number of carbonyl (C=O) groups is 1. The van der Waals surface area contributed by atoms with Crippen LogP contribution in [0.15, 0.2) is 0 Å². The van der Waals surface area contributed by atoms with Gasteiger partial charge in [-0.3, -0.25) is 4.79 Å². The quantitative estimate of drug-likeness (QED) is 0.425. The van der Waals surface area contributed by atoms with Crippen LogP contribution in [0.2, 0.25) is 0 Å². The predicted octanol–water partition coefficient (Wildman–Crippen LogP) is 3.39. The summed E-state index contributed by atoms with van der Waals surface area (Å²) < 4.78 is 4.94. The van der Waals surface area contributed by atoms with E-state index in [1.54, 1.807) is 6.92 Å². The van der Waals surface area contributed by atoms with Crippen molar-refractivity contribution in [3.8, 4) is 6.07 Å². The number of rotatable bonds is 1. The Labute approximate surface area is 208 Å². The monoisotopic (exact) mass is 481 g/mol. The van der Waals surface area contributed by atoms with Gasteiger partial charge in [-0.15, -0.1) is 0 Å². The van der Waals surface area contributed by atoms with Crippen molar-refractivity contribution in [2.75, 3.05) is 13.2 Å². The van der Waals surface area contributed by atoms with Crippen molar-refractivity contribution >= 4 is 28.8 Å². The number of hydrogen-bond donors (Lipinski definition) is 0. The van der Waals surface area contributed by atoms with Crippen LogP contribution >= 0.6 is 0 Å². The molecule has 0 unspecified atom stereocenters. The van der Waals surface area contributed by atoms with Gasteiger partial charge >= 0.3 is 23.1 Å². The van der Waals surface area contributed by atoms with E-state index < -0.39 is 0 Å². The number of nitriles is 1. The van der Waals surface area contributed by atoms with Gasteiger partial charge in [-0.05, 0) is 82.0 Å². The molecule has 1 saturated heterocycles. The molecule has 0 aromatic heterocycles. The molecule has 166 valence electrons. The summed E-state index contributed by atoms with van der Waals surface area (Å²) in [7, 11) is 0. The third kappa shape index (κ3) is 15.8. The van der Waals surface area contributed by atoms with E-state index in [9.17, 15) is 4.79 Å². The van der Waals surface area contributed by atoms with Crippen LogP contribution in [0.5, 0.6) is 0 Å². The average Bonchev–Trinajstić information content (AvgIpc) is 3.15. The molecule has 5 heteroatoms. The average molecular weight is 483 g/mol. The van der Waals surface area contributed by atoms with Crippen LogP contribution in [0, 0.1) is 41.4 Å². The molecule has 0 spiro atoms. The predicted molar refractivity (Wildman–Crippen MR) is 120 cm³/mol. The zero-order valence-corrected chi connectivity index (χ0v) is 23.0. The summed E-state index contributed by atoms with van der Waals surface area (Å²) >= 11 is 0. The van der Waals surface area contributed by atoms with Crippen LogP contribution in [0.3, 0.4) is 0 Å². The van der Waals surface area contributed by atoms with E-state index in [-0.39, 0.29) is 47.5 Å². The second kappa shape index (κ2) is 17.0. The zero-order chi connectivity index (χ0) is 19.6. The molecule has 0 aromatic rings. The second-order valence-electron chi connectivity index (χ2n) is 9.94. The van der Waals surface area contributed by atoms with E-state index in [2.05, 4.69) is 33.8 Å². The molecule has 3 rings (SSSR count). The van der Waals surface area contributed by atoms with E-state index in [1.807, 2.05) is 0 Å². The maximum Gasteiger partial charge on any atom is 2.00 e. The van der Waals surface area contributed by atoms with Crippen LogP contribution in [-0.2, 0) is 9.53 Å². The Bertz CT molecular complexity index is 442. The van der Waals surface area contributed by atoms with E-state index in [0.29, 0.717) is 28.4 Å². The van der Waals surface area contributed by atoms with Crippen molar-refractivity contribution in [3.05, 3.63) is 7.43 Å². The molecular formula is C24H44BrMgNO2. The molecule has 1 aliphatic heterocycles. The van der Waals surface area contributed by atoms with Crippen LogP contribution < -0.4 is 17.0 Å². The molecule has 29 heavy (non-hydrogen) atoms. The summed E-state index contributed by atoms with van der Waals surface area (Å²) in [5.74, 6) is 1.12. The number of halogens is 1. The van der Waals surface area contributed by atoms with E-state index in [0.717, 1.165) is 38.9 Å². The molecule has 3 fully saturated rings. The Morgan fingerprint density at radius 3 is 1.55 bits per heavy atom. The molecule has 1 heterocycles. The molecule has 3 aliphatic rings. The molecule has 0 radical (unpaired) electrons. The first-order chi connectivity index (χ1) is 12.2. The molecule has 0 atom stereocenters. The summed E-state index contributed by atoms with van der Waals surface area (Å²) in [5, 5.41) is 8.61. The molecule has 2 aliphatic carbocycles. The number of carbonyl (C=O) groups excluding carboxylic acids is 1. The minimum Gasteiger partial charge on any atom is -1.00 e. The van der Waals surface area contributed by atoms with E-state index in [4.69, 9.17) is 10.00 Å². The van der Waals surface area contributed by atoms with Crippen LogP contribution in [0.25, 0.3) is 0 Å². The number of hydrogen-bond acceptors (Lipinski definition) is 3. The van der Waals surface area contributed by atoms with Gasteiger partial charge in [0.05, 0.1) is 6.07 Å². The van der Waals surface area contributed by atoms with Crippen LogP contribution in [0.4, 0.5) is 0 Å². The number of nitrogens with zero attached hydrogens (tertiary/aromatic N) is 1. The van der Waals surface area contributed by atoms with Gasteiger partial charge in [-0.2, -0.15) is 5.26 Å². The molecule has 2 saturated carbocycles. The van der Waals surface area contributed by atoms with Gasteiger partial charge in [-0.25, -0.2) is 0 Å². The summed E-state index contributed by atoms with van der Waals surface area (Å²) in [6, 6.07) is 2.34. The molecule has 0 N–H and O–H groups in total. The van der Waals surface area contributed by atoms with Gasteiger partial charge in [0.15, 0.2) is 0 Å². The van der Waals surface area contributed by atoms with Crippen LogP contribution in [0.1, 0.15) is 98.8 Å². The van der Waals surface area contributed by atoms with Gasteiger partial charge in [-0.1, -0.05) is 27.7 Å². The van der Waals surface area contributed by atoms with Crippen LogP contribution in [-0.4, -0.2) is 42.0 Å². The minimum absolute atomic E-state index is 0. The molecular weight excluding hydrogens is 438 g/mol. The van der Waals surface area contributed by atoms with E-state index >= 15 is 0 Å². The van der Waals surface area contributed by atoms with Gasteiger partial charge in [0.1, 0.15) is 5.78 Å². The van der Waals surface area contributed by atoms with Gasteiger partial charge in [0.2, 0.25) is 0 Å². The largest absolute Gasteiger partial charge is 2.00 e. The minimum atomic E-state index is 0. The third-order valence-electron chi connectivity index (χ3n) is 6.26. The number of ether oxygens (including phenoxy) is 1. The zero-order valence-electron chi connectivity index (χ0n) is 20.0. The Hall–Kier alpha value is 0.366. The summed E-state index contributed by atoms with van der Waals surface area (Å²) in [4.78, 5) is 11.0. The van der Waals surface area contributed by atoms with Crippen molar-refractivity contribution in [1.82, 2.24) is 0 Å². The first-order valence-electron chi connectivity index (χ1n) is 10.6. The van der Waals surface area contributed by atoms with Gasteiger partial charge in [0.25, 0.3) is 0 Å². The van der Waals surface area contributed by atoms with Crippen molar-refractivity contribution in [3.63, 3.8) is 0 Å². The summed E-state index contributed by atoms with van der Waals surface area (Å²) in [6.07, 6.45) is 11.9. The van der Waals surface area contributed by atoms with Crippen molar-refractivity contribution < 1.29 is 26.5 Å². The smallest absolute Gasteiger partial charge is 1.00 e. The molecule has 0 aromatic carbocycles. The Morgan fingerprint density at radius 1 is 0.897 bits per heavy atom. The summed E-state index contributed by atoms with van der Waals surface area (Å²) in [5.41, 5.74) is 0.999. The fraction of sp³-hybridized carbons (Fsp3) is 0.875. The fourth-order valence-corrected chi connectivity index (χ4v) is 3.84. The molecule has 3 nitrogen and oxygen atoms in total. The topological polar surface area (TPSA) is 50.1 Å². The van der Waals surface area contributed by atoms with Crippen molar-refractivity contribution in [2.24, 2.45) is 22.7 Å². The maximum absolute atomic E-state index is 11.0. The van der Waals surface area contributed by atoms with Crippen molar-refractivity contribution in [2.45, 2.75) is 98.8 Å². The first-order valence-corrected chi connectivity index (χ1v) is 10.6. The number of ketones is 1. The Balaban J connectivity index is -0.000000350. The molecule has 0 bridgehead atoms. The maximum atomic E-state index is 11.0.